The van der Waals surface area contributed by atoms with E-state index in [1.807, 2.05) is 54.0 Å². The Kier molecular flexibility index (Phi) is 5.50. The molecule has 25 heavy (non-hydrogen) atoms. The first-order chi connectivity index (χ1) is 12.2. The lowest BCUT2D eigenvalue weighted by molar-refractivity contribution is -0.118. The summed E-state index contributed by atoms with van der Waals surface area (Å²) in [6, 6.07) is 18.1. The van der Waals surface area contributed by atoms with Crippen molar-refractivity contribution in [3.63, 3.8) is 0 Å². The standard InChI is InChI=1S/C19H20N4OS/c1-3-20-17(24)13-25-19-22-21-18(15-9-5-4-6-10-15)23(19)16-11-7-8-14(2)12-16/h4-12H,3,13H2,1-2H3,(H,20,24). The number of nitrogens with zero attached hydrogens (tertiary/aromatic N) is 3. The molecule has 1 amide bonds. The van der Waals surface area contributed by atoms with Crippen LogP contribution >= 0.6 is 11.8 Å². The van der Waals surface area contributed by atoms with Crippen LogP contribution in [0.5, 0.6) is 0 Å². The van der Waals surface area contributed by atoms with E-state index in [-0.39, 0.29) is 5.91 Å². The highest BCUT2D eigenvalue weighted by Crippen LogP contribution is 2.28. The zero-order valence-electron chi connectivity index (χ0n) is 14.3. The molecule has 0 aliphatic heterocycles. The molecule has 0 radical (unpaired) electrons. The monoisotopic (exact) mass is 352 g/mol. The van der Waals surface area contributed by atoms with Crippen LogP contribution in [-0.4, -0.2) is 33.0 Å². The summed E-state index contributed by atoms with van der Waals surface area (Å²) in [5, 5.41) is 12.2. The van der Waals surface area contributed by atoms with Gasteiger partial charge in [-0.05, 0) is 31.5 Å². The molecule has 6 heteroatoms. The van der Waals surface area contributed by atoms with Crippen LogP contribution in [0.15, 0.2) is 59.8 Å². The average Bonchev–Trinajstić information content (AvgIpc) is 3.05. The van der Waals surface area contributed by atoms with Crippen molar-refractivity contribution < 1.29 is 4.79 Å². The van der Waals surface area contributed by atoms with Gasteiger partial charge >= 0.3 is 0 Å². The molecule has 0 aliphatic carbocycles. The van der Waals surface area contributed by atoms with E-state index >= 15 is 0 Å². The summed E-state index contributed by atoms with van der Waals surface area (Å²) in [4.78, 5) is 11.8. The number of carbonyl (C=O) groups excluding carboxylic acids is 1. The molecule has 0 spiro atoms. The van der Waals surface area contributed by atoms with Crippen molar-refractivity contribution in [2.75, 3.05) is 12.3 Å². The van der Waals surface area contributed by atoms with E-state index < -0.39 is 0 Å². The third-order valence-corrected chi connectivity index (χ3v) is 4.56. The van der Waals surface area contributed by atoms with E-state index in [4.69, 9.17) is 0 Å². The van der Waals surface area contributed by atoms with Crippen LogP contribution in [0.25, 0.3) is 17.1 Å². The maximum atomic E-state index is 11.8. The topological polar surface area (TPSA) is 59.8 Å². The molecule has 1 heterocycles. The fraction of sp³-hybridized carbons (Fsp3) is 0.211. The first-order valence-corrected chi connectivity index (χ1v) is 9.15. The first-order valence-electron chi connectivity index (χ1n) is 8.16. The normalized spacial score (nSPS) is 10.6. The maximum absolute atomic E-state index is 11.8. The molecule has 3 aromatic rings. The number of benzene rings is 2. The van der Waals surface area contributed by atoms with Crippen LogP contribution in [0.2, 0.25) is 0 Å². The Morgan fingerprint density at radius 3 is 2.64 bits per heavy atom. The molecule has 0 bridgehead atoms. The number of aryl methyl sites for hydroxylation is 1. The summed E-state index contributed by atoms with van der Waals surface area (Å²) in [5.41, 5.74) is 3.13. The third kappa shape index (κ3) is 4.09. The van der Waals surface area contributed by atoms with Gasteiger partial charge in [0, 0.05) is 17.8 Å². The van der Waals surface area contributed by atoms with Gasteiger partial charge < -0.3 is 5.32 Å². The highest BCUT2D eigenvalue weighted by molar-refractivity contribution is 7.99. The van der Waals surface area contributed by atoms with Gasteiger partial charge in [-0.15, -0.1) is 10.2 Å². The number of hydrogen-bond donors (Lipinski definition) is 1. The van der Waals surface area contributed by atoms with E-state index in [1.54, 1.807) is 0 Å². The fourth-order valence-corrected chi connectivity index (χ4v) is 3.30. The summed E-state index contributed by atoms with van der Waals surface area (Å²) < 4.78 is 2.01. The second kappa shape index (κ2) is 7.98. The molecule has 0 unspecified atom stereocenters. The average molecular weight is 352 g/mol. The Bertz CT molecular complexity index is 861. The van der Waals surface area contributed by atoms with Gasteiger partial charge in [0.05, 0.1) is 5.75 Å². The van der Waals surface area contributed by atoms with E-state index in [0.29, 0.717) is 17.5 Å². The highest BCUT2D eigenvalue weighted by Gasteiger charge is 2.17. The van der Waals surface area contributed by atoms with Crippen molar-refractivity contribution in [2.45, 2.75) is 19.0 Å². The number of hydrogen-bond acceptors (Lipinski definition) is 4. The lowest BCUT2D eigenvalue weighted by atomic mass is 10.2. The summed E-state index contributed by atoms with van der Waals surface area (Å²) in [6.07, 6.45) is 0. The van der Waals surface area contributed by atoms with E-state index in [9.17, 15) is 4.79 Å². The van der Waals surface area contributed by atoms with Gasteiger partial charge in [-0.3, -0.25) is 9.36 Å². The quantitative estimate of drug-likeness (QED) is 0.690. The van der Waals surface area contributed by atoms with Gasteiger partial charge in [-0.1, -0.05) is 54.2 Å². The van der Waals surface area contributed by atoms with Crippen LogP contribution < -0.4 is 5.32 Å². The lowest BCUT2D eigenvalue weighted by Crippen LogP contribution is -2.24. The fourth-order valence-electron chi connectivity index (χ4n) is 2.52. The number of nitrogens with one attached hydrogen (secondary N) is 1. The zero-order chi connectivity index (χ0) is 17.6. The predicted molar refractivity (Wildman–Crippen MR) is 101 cm³/mol. The number of aromatic nitrogens is 3. The Labute approximate surface area is 151 Å². The second-order valence-corrected chi connectivity index (χ2v) is 6.53. The minimum Gasteiger partial charge on any atom is -0.356 e. The Balaban J connectivity index is 2.01. The molecular formula is C19H20N4OS. The van der Waals surface area contributed by atoms with Gasteiger partial charge in [0.15, 0.2) is 11.0 Å². The van der Waals surface area contributed by atoms with Crippen molar-refractivity contribution in [1.82, 2.24) is 20.1 Å². The summed E-state index contributed by atoms with van der Waals surface area (Å²) in [7, 11) is 0. The summed E-state index contributed by atoms with van der Waals surface area (Å²) in [6.45, 7) is 4.59. The van der Waals surface area contributed by atoms with Crippen molar-refractivity contribution >= 4 is 17.7 Å². The minimum absolute atomic E-state index is 0.00690. The van der Waals surface area contributed by atoms with Crippen LogP contribution in [0.1, 0.15) is 12.5 Å². The number of amides is 1. The number of thioether (sulfide) groups is 1. The lowest BCUT2D eigenvalue weighted by Gasteiger charge is -2.11. The van der Waals surface area contributed by atoms with Crippen LogP contribution in [0, 0.1) is 6.92 Å². The Morgan fingerprint density at radius 1 is 1.12 bits per heavy atom. The molecule has 3 rings (SSSR count). The van der Waals surface area contributed by atoms with E-state index in [2.05, 4.69) is 34.6 Å². The SMILES string of the molecule is CCNC(=O)CSc1nnc(-c2ccccc2)n1-c1cccc(C)c1. The highest BCUT2D eigenvalue weighted by atomic mass is 32.2. The molecule has 0 aliphatic rings. The van der Waals surface area contributed by atoms with Gasteiger partial charge in [0.2, 0.25) is 5.91 Å². The van der Waals surface area contributed by atoms with Gasteiger partial charge in [-0.25, -0.2) is 0 Å². The molecule has 5 nitrogen and oxygen atoms in total. The largest absolute Gasteiger partial charge is 0.356 e. The van der Waals surface area contributed by atoms with Crippen molar-refractivity contribution in [2.24, 2.45) is 0 Å². The summed E-state index contributed by atoms with van der Waals surface area (Å²) >= 11 is 1.39. The van der Waals surface area contributed by atoms with Gasteiger partial charge in [0.1, 0.15) is 0 Å². The van der Waals surface area contributed by atoms with Crippen LogP contribution in [-0.2, 0) is 4.79 Å². The summed E-state index contributed by atoms with van der Waals surface area (Å²) in [5.74, 6) is 1.07. The Hall–Kier alpha value is -2.60. The van der Waals surface area contributed by atoms with Crippen molar-refractivity contribution in [3.8, 4) is 17.1 Å². The van der Waals surface area contributed by atoms with Gasteiger partial charge in [0.25, 0.3) is 0 Å². The Morgan fingerprint density at radius 2 is 1.92 bits per heavy atom. The minimum atomic E-state index is -0.00690. The van der Waals surface area contributed by atoms with E-state index in [0.717, 1.165) is 22.6 Å². The van der Waals surface area contributed by atoms with Gasteiger partial charge in [-0.2, -0.15) is 0 Å². The van der Waals surface area contributed by atoms with Crippen molar-refractivity contribution in [3.05, 3.63) is 60.2 Å². The van der Waals surface area contributed by atoms with Crippen LogP contribution in [0.3, 0.4) is 0 Å². The number of carbonyl (C=O) groups is 1. The second-order valence-electron chi connectivity index (χ2n) is 5.59. The molecule has 2 aromatic carbocycles. The molecule has 0 saturated heterocycles. The molecule has 0 fully saturated rings. The van der Waals surface area contributed by atoms with Crippen LogP contribution in [0.4, 0.5) is 0 Å². The first kappa shape index (κ1) is 17.2. The van der Waals surface area contributed by atoms with Crippen molar-refractivity contribution in [1.29, 1.82) is 0 Å². The zero-order valence-corrected chi connectivity index (χ0v) is 15.1. The predicted octanol–water partition coefficient (Wildman–Crippen LogP) is 3.47. The number of rotatable bonds is 6. The van der Waals surface area contributed by atoms with E-state index in [1.165, 1.54) is 11.8 Å². The molecular weight excluding hydrogens is 332 g/mol. The molecule has 0 saturated carbocycles. The maximum Gasteiger partial charge on any atom is 0.230 e. The molecule has 0 atom stereocenters. The molecule has 128 valence electrons. The smallest absolute Gasteiger partial charge is 0.230 e. The third-order valence-electron chi connectivity index (χ3n) is 3.63. The molecule has 1 aromatic heterocycles. The molecule has 1 N–H and O–H groups in total.